The van der Waals surface area contributed by atoms with Gasteiger partial charge in [-0.05, 0) is 29.8 Å². The third-order valence-corrected chi connectivity index (χ3v) is 3.96. The molecule has 1 aromatic heterocycles. The summed E-state index contributed by atoms with van der Waals surface area (Å²) in [5.41, 5.74) is 2.20. The van der Waals surface area contributed by atoms with E-state index in [2.05, 4.69) is 32.1 Å². The van der Waals surface area contributed by atoms with Crippen LogP contribution in [0.4, 0.5) is 0 Å². The number of halogens is 1. The standard InChI is InChI=1S/C17H19ClN4/c18-16-6-4-15(5-7-16)14-21-9-11-22(12-10-21)20-13-17-3-1-2-8-19-17/h1-8,13H,9-12,14H2. The molecule has 1 aliphatic rings. The number of hydrogen-bond acceptors (Lipinski definition) is 4. The van der Waals surface area contributed by atoms with Gasteiger partial charge in [0, 0.05) is 43.9 Å². The van der Waals surface area contributed by atoms with Crippen molar-refractivity contribution in [2.45, 2.75) is 6.54 Å². The van der Waals surface area contributed by atoms with Gasteiger partial charge in [0.1, 0.15) is 0 Å². The van der Waals surface area contributed by atoms with Gasteiger partial charge in [-0.1, -0.05) is 29.8 Å². The summed E-state index contributed by atoms with van der Waals surface area (Å²) in [6.45, 7) is 4.88. The van der Waals surface area contributed by atoms with Gasteiger partial charge in [-0.25, -0.2) is 0 Å². The first-order valence-corrected chi connectivity index (χ1v) is 7.84. The smallest absolute Gasteiger partial charge is 0.0830 e. The Kier molecular flexibility index (Phi) is 5.03. The first kappa shape index (κ1) is 15.0. The summed E-state index contributed by atoms with van der Waals surface area (Å²) in [6.07, 6.45) is 3.61. The van der Waals surface area contributed by atoms with E-state index in [0.29, 0.717) is 0 Å². The fourth-order valence-corrected chi connectivity index (χ4v) is 2.58. The predicted octanol–water partition coefficient (Wildman–Crippen LogP) is 2.89. The molecule has 22 heavy (non-hydrogen) atoms. The lowest BCUT2D eigenvalue weighted by molar-refractivity contribution is 0.131. The second-order valence-corrected chi connectivity index (χ2v) is 5.79. The van der Waals surface area contributed by atoms with Crippen LogP contribution in [-0.4, -0.2) is 47.3 Å². The molecule has 1 fully saturated rings. The van der Waals surface area contributed by atoms with Gasteiger partial charge in [0.25, 0.3) is 0 Å². The number of piperazine rings is 1. The van der Waals surface area contributed by atoms with Crippen LogP contribution in [-0.2, 0) is 6.54 Å². The predicted molar refractivity (Wildman–Crippen MR) is 90.1 cm³/mol. The summed E-state index contributed by atoms with van der Waals surface area (Å²) < 4.78 is 0. The lowest BCUT2D eigenvalue weighted by Crippen LogP contribution is -2.43. The fourth-order valence-electron chi connectivity index (χ4n) is 2.45. The summed E-state index contributed by atoms with van der Waals surface area (Å²) in [6, 6.07) is 13.9. The maximum Gasteiger partial charge on any atom is 0.0830 e. The average molecular weight is 315 g/mol. The van der Waals surface area contributed by atoms with Crippen molar-refractivity contribution in [1.82, 2.24) is 14.9 Å². The molecule has 1 saturated heterocycles. The molecule has 0 radical (unpaired) electrons. The molecule has 2 heterocycles. The highest BCUT2D eigenvalue weighted by atomic mass is 35.5. The molecule has 0 spiro atoms. The van der Waals surface area contributed by atoms with Crippen LogP contribution in [0.15, 0.2) is 53.8 Å². The highest BCUT2D eigenvalue weighted by Crippen LogP contribution is 2.13. The van der Waals surface area contributed by atoms with Crippen molar-refractivity contribution in [3.8, 4) is 0 Å². The molecule has 0 saturated carbocycles. The fraction of sp³-hybridized carbons (Fsp3) is 0.294. The molecule has 1 aliphatic heterocycles. The molecule has 0 bridgehead atoms. The monoisotopic (exact) mass is 314 g/mol. The van der Waals surface area contributed by atoms with Crippen molar-refractivity contribution >= 4 is 17.8 Å². The number of rotatable bonds is 4. The highest BCUT2D eigenvalue weighted by Gasteiger charge is 2.15. The Balaban J connectivity index is 1.48. The van der Waals surface area contributed by atoms with E-state index in [1.165, 1.54) is 5.56 Å². The maximum absolute atomic E-state index is 5.92. The Bertz CT molecular complexity index is 604. The van der Waals surface area contributed by atoms with Crippen LogP contribution in [0.25, 0.3) is 0 Å². The Morgan fingerprint density at radius 2 is 1.82 bits per heavy atom. The van der Waals surface area contributed by atoms with Crippen molar-refractivity contribution in [1.29, 1.82) is 0 Å². The topological polar surface area (TPSA) is 31.7 Å². The number of hydrogen-bond donors (Lipinski definition) is 0. The Morgan fingerprint density at radius 1 is 1.05 bits per heavy atom. The van der Waals surface area contributed by atoms with Crippen molar-refractivity contribution in [3.63, 3.8) is 0 Å². The van der Waals surface area contributed by atoms with Crippen molar-refractivity contribution in [3.05, 3.63) is 64.9 Å². The van der Waals surface area contributed by atoms with Crippen LogP contribution in [0.5, 0.6) is 0 Å². The van der Waals surface area contributed by atoms with Gasteiger partial charge >= 0.3 is 0 Å². The van der Waals surface area contributed by atoms with E-state index in [0.717, 1.165) is 43.4 Å². The van der Waals surface area contributed by atoms with Crippen LogP contribution in [0.1, 0.15) is 11.3 Å². The summed E-state index contributed by atoms with van der Waals surface area (Å²) in [7, 11) is 0. The van der Waals surface area contributed by atoms with Gasteiger partial charge in [-0.15, -0.1) is 0 Å². The van der Waals surface area contributed by atoms with Crippen molar-refractivity contribution in [2.24, 2.45) is 5.10 Å². The zero-order valence-electron chi connectivity index (χ0n) is 12.4. The third kappa shape index (κ3) is 4.29. The lowest BCUT2D eigenvalue weighted by atomic mass is 10.2. The Labute approximate surface area is 136 Å². The van der Waals surface area contributed by atoms with E-state index in [-0.39, 0.29) is 0 Å². The van der Waals surface area contributed by atoms with E-state index in [4.69, 9.17) is 11.6 Å². The van der Waals surface area contributed by atoms with E-state index in [1.807, 2.05) is 36.5 Å². The SMILES string of the molecule is Clc1ccc(CN2CCN(N=Cc3ccccn3)CC2)cc1. The molecule has 0 N–H and O–H groups in total. The quantitative estimate of drug-likeness (QED) is 0.813. The molecule has 0 aliphatic carbocycles. The first-order chi connectivity index (χ1) is 10.8. The third-order valence-electron chi connectivity index (χ3n) is 3.71. The molecular formula is C17H19ClN4. The van der Waals surface area contributed by atoms with Crippen LogP contribution in [0.3, 0.4) is 0 Å². The van der Waals surface area contributed by atoms with Crippen molar-refractivity contribution in [2.75, 3.05) is 26.2 Å². The summed E-state index contributed by atoms with van der Waals surface area (Å²) in [5.74, 6) is 0. The van der Waals surface area contributed by atoms with Crippen molar-refractivity contribution < 1.29 is 0 Å². The van der Waals surface area contributed by atoms with E-state index in [1.54, 1.807) is 6.20 Å². The van der Waals surface area contributed by atoms with Gasteiger partial charge in [0.15, 0.2) is 0 Å². The highest BCUT2D eigenvalue weighted by molar-refractivity contribution is 6.30. The second-order valence-electron chi connectivity index (χ2n) is 5.36. The zero-order chi connectivity index (χ0) is 15.2. The molecule has 4 nitrogen and oxygen atoms in total. The molecular weight excluding hydrogens is 296 g/mol. The number of benzene rings is 1. The zero-order valence-corrected chi connectivity index (χ0v) is 13.2. The van der Waals surface area contributed by atoms with Crippen LogP contribution in [0, 0.1) is 0 Å². The van der Waals surface area contributed by atoms with Crippen LogP contribution < -0.4 is 0 Å². The minimum absolute atomic E-state index is 0.789. The normalized spacial score (nSPS) is 16.3. The summed E-state index contributed by atoms with van der Waals surface area (Å²) in [4.78, 5) is 6.68. The molecule has 0 atom stereocenters. The summed E-state index contributed by atoms with van der Waals surface area (Å²) >= 11 is 5.92. The van der Waals surface area contributed by atoms with Gasteiger partial charge in [0.05, 0.1) is 11.9 Å². The van der Waals surface area contributed by atoms with Crippen LogP contribution >= 0.6 is 11.6 Å². The van der Waals surface area contributed by atoms with E-state index in [9.17, 15) is 0 Å². The van der Waals surface area contributed by atoms with Gasteiger partial charge < -0.3 is 0 Å². The van der Waals surface area contributed by atoms with Gasteiger partial charge in [-0.3, -0.25) is 14.9 Å². The molecule has 0 amide bonds. The first-order valence-electron chi connectivity index (χ1n) is 7.46. The maximum atomic E-state index is 5.92. The largest absolute Gasteiger partial charge is 0.295 e. The second kappa shape index (κ2) is 7.38. The molecule has 1 aromatic carbocycles. The molecule has 3 rings (SSSR count). The molecule has 5 heteroatoms. The number of nitrogens with zero attached hydrogens (tertiary/aromatic N) is 4. The number of pyridine rings is 1. The summed E-state index contributed by atoms with van der Waals surface area (Å²) in [5, 5.41) is 7.40. The Hall–Kier alpha value is -1.91. The van der Waals surface area contributed by atoms with E-state index < -0.39 is 0 Å². The lowest BCUT2D eigenvalue weighted by Gasteiger charge is -2.33. The minimum atomic E-state index is 0.789. The van der Waals surface area contributed by atoms with E-state index >= 15 is 0 Å². The average Bonchev–Trinajstić information content (AvgIpc) is 2.57. The number of aromatic nitrogens is 1. The van der Waals surface area contributed by atoms with Gasteiger partial charge in [-0.2, -0.15) is 5.10 Å². The molecule has 2 aromatic rings. The molecule has 0 unspecified atom stereocenters. The number of hydrazone groups is 1. The van der Waals surface area contributed by atoms with Crippen LogP contribution in [0.2, 0.25) is 5.02 Å². The Morgan fingerprint density at radius 3 is 2.50 bits per heavy atom. The minimum Gasteiger partial charge on any atom is -0.295 e. The van der Waals surface area contributed by atoms with Gasteiger partial charge in [0.2, 0.25) is 0 Å². The molecule has 114 valence electrons.